The van der Waals surface area contributed by atoms with Gasteiger partial charge in [-0.3, -0.25) is 0 Å². The lowest BCUT2D eigenvalue weighted by molar-refractivity contribution is -0.166. The summed E-state index contributed by atoms with van der Waals surface area (Å²) in [6.07, 6.45) is -0.755. The van der Waals surface area contributed by atoms with Crippen LogP contribution in [0.25, 0.3) is 0 Å². The molecule has 1 fully saturated rings. The van der Waals surface area contributed by atoms with E-state index in [2.05, 4.69) is 4.74 Å². The molecule has 4 nitrogen and oxygen atoms in total. The zero-order valence-electron chi connectivity index (χ0n) is 4.20. The molecule has 0 unspecified atom stereocenters. The second-order valence-electron chi connectivity index (χ2n) is 1.76. The third-order valence-electron chi connectivity index (χ3n) is 1.10. The van der Waals surface area contributed by atoms with Gasteiger partial charge in [-0.25, -0.2) is 4.79 Å². The molecule has 1 rings (SSSR count). The second kappa shape index (κ2) is 1.72. The SMILES string of the molecule is N[C@H]1CO[C@H]1C(=O)O. The average Bonchev–Trinajstić information content (AvgIpc) is 1.61. The summed E-state index contributed by atoms with van der Waals surface area (Å²) in [7, 11) is 0. The van der Waals surface area contributed by atoms with E-state index < -0.39 is 12.1 Å². The topological polar surface area (TPSA) is 72.5 Å². The third-order valence-corrected chi connectivity index (χ3v) is 1.10. The minimum absolute atomic E-state index is 0.299. The van der Waals surface area contributed by atoms with Crippen LogP contribution in [0.2, 0.25) is 0 Å². The van der Waals surface area contributed by atoms with Crippen molar-refractivity contribution in [1.29, 1.82) is 0 Å². The molecule has 0 aromatic rings. The number of aliphatic carboxylic acids is 1. The van der Waals surface area contributed by atoms with Crippen molar-refractivity contribution < 1.29 is 14.6 Å². The van der Waals surface area contributed by atoms with Crippen LogP contribution in [0, 0.1) is 0 Å². The Balaban J connectivity index is 2.37. The van der Waals surface area contributed by atoms with Crippen molar-refractivity contribution in [3.63, 3.8) is 0 Å². The zero-order valence-corrected chi connectivity index (χ0v) is 4.20. The van der Waals surface area contributed by atoms with Crippen LogP contribution < -0.4 is 5.73 Å². The van der Waals surface area contributed by atoms with Crippen LogP contribution in [0.3, 0.4) is 0 Å². The monoisotopic (exact) mass is 117 g/mol. The van der Waals surface area contributed by atoms with Gasteiger partial charge < -0.3 is 15.6 Å². The quantitative estimate of drug-likeness (QED) is 0.452. The Morgan fingerprint density at radius 3 is 2.50 bits per heavy atom. The van der Waals surface area contributed by atoms with Crippen LogP contribution in [-0.4, -0.2) is 29.8 Å². The maximum Gasteiger partial charge on any atom is 0.334 e. The molecule has 0 spiro atoms. The molecule has 3 N–H and O–H groups in total. The fourth-order valence-corrected chi connectivity index (χ4v) is 0.558. The van der Waals surface area contributed by atoms with E-state index in [-0.39, 0.29) is 6.04 Å². The van der Waals surface area contributed by atoms with Crippen LogP contribution >= 0.6 is 0 Å². The van der Waals surface area contributed by atoms with Crippen LogP contribution in [0.4, 0.5) is 0 Å². The molecule has 0 aromatic heterocycles. The molecule has 1 aliphatic heterocycles. The Hall–Kier alpha value is -0.610. The van der Waals surface area contributed by atoms with Gasteiger partial charge >= 0.3 is 5.97 Å². The molecule has 1 saturated heterocycles. The van der Waals surface area contributed by atoms with Gasteiger partial charge in [0.15, 0.2) is 6.10 Å². The Morgan fingerprint density at radius 2 is 2.50 bits per heavy atom. The Labute approximate surface area is 46.2 Å². The summed E-state index contributed by atoms with van der Waals surface area (Å²) in [4.78, 5) is 9.99. The number of nitrogens with two attached hydrogens (primary N) is 1. The maximum absolute atomic E-state index is 9.99. The summed E-state index contributed by atoms with van der Waals surface area (Å²) in [5.74, 6) is -0.969. The van der Waals surface area contributed by atoms with Crippen LogP contribution in [0.5, 0.6) is 0 Å². The van der Waals surface area contributed by atoms with Gasteiger partial charge in [0, 0.05) is 0 Å². The van der Waals surface area contributed by atoms with E-state index in [9.17, 15) is 4.79 Å². The van der Waals surface area contributed by atoms with Gasteiger partial charge in [0.1, 0.15) is 0 Å². The largest absolute Gasteiger partial charge is 0.479 e. The molecule has 8 heavy (non-hydrogen) atoms. The molecule has 0 aliphatic carbocycles. The van der Waals surface area contributed by atoms with Crippen molar-refractivity contribution in [2.45, 2.75) is 12.1 Å². The smallest absolute Gasteiger partial charge is 0.334 e. The summed E-state index contributed by atoms with van der Waals surface area (Å²) < 4.78 is 4.58. The van der Waals surface area contributed by atoms with Crippen molar-refractivity contribution in [2.24, 2.45) is 5.73 Å². The predicted octanol–water partition coefficient (Wildman–Crippen LogP) is -1.20. The fourth-order valence-electron chi connectivity index (χ4n) is 0.558. The number of carboxylic acid groups (broad SMARTS) is 1. The molecule has 1 aliphatic rings. The first-order valence-corrected chi connectivity index (χ1v) is 2.32. The van der Waals surface area contributed by atoms with Gasteiger partial charge in [-0.1, -0.05) is 0 Å². The fraction of sp³-hybridized carbons (Fsp3) is 0.750. The standard InChI is InChI=1S/C4H7NO3/c5-2-1-8-3(2)4(6)7/h2-3H,1,5H2,(H,6,7)/t2-,3+/m0/s1. The Morgan fingerprint density at radius 1 is 1.88 bits per heavy atom. The minimum Gasteiger partial charge on any atom is -0.479 e. The normalized spacial score (nSPS) is 36.1. The molecule has 0 bridgehead atoms. The molecule has 0 saturated carbocycles. The van der Waals surface area contributed by atoms with Crippen molar-refractivity contribution in [3.8, 4) is 0 Å². The van der Waals surface area contributed by atoms with E-state index in [1.54, 1.807) is 0 Å². The van der Waals surface area contributed by atoms with Gasteiger partial charge in [0.2, 0.25) is 0 Å². The van der Waals surface area contributed by atoms with Crippen molar-refractivity contribution in [3.05, 3.63) is 0 Å². The molecular formula is C4H7NO3. The number of hydrogen-bond donors (Lipinski definition) is 2. The number of carboxylic acids is 1. The van der Waals surface area contributed by atoms with Gasteiger partial charge in [-0.2, -0.15) is 0 Å². The van der Waals surface area contributed by atoms with E-state index in [0.29, 0.717) is 6.61 Å². The lowest BCUT2D eigenvalue weighted by Gasteiger charge is -2.29. The molecule has 0 aromatic carbocycles. The summed E-state index contributed by atoms with van der Waals surface area (Å²) in [6, 6.07) is -0.299. The second-order valence-corrected chi connectivity index (χ2v) is 1.76. The minimum atomic E-state index is -0.969. The highest BCUT2D eigenvalue weighted by molar-refractivity contribution is 5.74. The predicted molar refractivity (Wildman–Crippen MR) is 25.4 cm³/mol. The third kappa shape index (κ3) is 0.677. The van der Waals surface area contributed by atoms with E-state index in [0.717, 1.165) is 0 Å². The van der Waals surface area contributed by atoms with Crippen LogP contribution in [0.1, 0.15) is 0 Å². The zero-order chi connectivity index (χ0) is 6.15. The van der Waals surface area contributed by atoms with Gasteiger partial charge in [0.05, 0.1) is 12.6 Å². The lowest BCUT2D eigenvalue weighted by Crippen LogP contribution is -2.55. The van der Waals surface area contributed by atoms with E-state index >= 15 is 0 Å². The first-order chi connectivity index (χ1) is 3.72. The van der Waals surface area contributed by atoms with Crippen LogP contribution in [0.15, 0.2) is 0 Å². The highest BCUT2D eigenvalue weighted by Gasteiger charge is 2.34. The number of rotatable bonds is 1. The van der Waals surface area contributed by atoms with E-state index in [1.165, 1.54) is 0 Å². The highest BCUT2D eigenvalue weighted by atomic mass is 16.5. The van der Waals surface area contributed by atoms with Crippen molar-refractivity contribution in [1.82, 2.24) is 0 Å². The summed E-state index contributed by atoms with van der Waals surface area (Å²) in [6.45, 7) is 0.372. The molecule has 0 radical (unpaired) electrons. The highest BCUT2D eigenvalue weighted by Crippen LogP contribution is 2.08. The summed E-state index contributed by atoms with van der Waals surface area (Å²) in [5, 5.41) is 8.20. The maximum atomic E-state index is 9.99. The first-order valence-electron chi connectivity index (χ1n) is 2.32. The van der Waals surface area contributed by atoms with E-state index in [1.807, 2.05) is 0 Å². The Bertz CT molecular complexity index is 114. The van der Waals surface area contributed by atoms with Crippen LogP contribution in [-0.2, 0) is 9.53 Å². The molecule has 46 valence electrons. The van der Waals surface area contributed by atoms with Crippen molar-refractivity contribution >= 4 is 5.97 Å². The molecule has 0 amide bonds. The first kappa shape index (κ1) is 5.53. The van der Waals surface area contributed by atoms with E-state index in [4.69, 9.17) is 10.8 Å². The lowest BCUT2D eigenvalue weighted by atomic mass is 10.1. The molecule has 4 heteroatoms. The number of ether oxygens (including phenoxy) is 1. The molecule has 1 heterocycles. The number of hydrogen-bond acceptors (Lipinski definition) is 3. The average molecular weight is 117 g/mol. The van der Waals surface area contributed by atoms with Gasteiger partial charge in [-0.05, 0) is 0 Å². The van der Waals surface area contributed by atoms with Gasteiger partial charge in [0.25, 0.3) is 0 Å². The Kier molecular flexibility index (Phi) is 1.19. The number of carbonyl (C=O) groups is 1. The van der Waals surface area contributed by atoms with Crippen molar-refractivity contribution in [2.75, 3.05) is 6.61 Å². The molecular weight excluding hydrogens is 110 g/mol. The molecule has 2 atom stereocenters. The summed E-state index contributed by atoms with van der Waals surface area (Å²) in [5.41, 5.74) is 5.22. The summed E-state index contributed by atoms with van der Waals surface area (Å²) >= 11 is 0. The van der Waals surface area contributed by atoms with Gasteiger partial charge in [-0.15, -0.1) is 0 Å².